The largest absolute Gasteiger partial charge is 0.350 e. The first-order valence-corrected chi connectivity index (χ1v) is 53.0. The zero-order valence-corrected chi connectivity index (χ0v) is 85.9. The molecule has 12 atom stereocenters. The minimum absolute atomic E-state index is 0.0114. The van der Waals surface area contributed by atoms with E-state index in [-0.39, 0.29) is 23.6 Å². The maximum atomic E-state index is 13.6. The lowest BCUT2D eigenvalue weighted by molar-refractivity contribution is -0.103. The zero-order chi connectivity index (χ0) is 95.9. The number of hydrogen-bond acceptors (Lipinski definition) is 8. The number of halogens is 3. The van der Waals surface area contributed by atoms with Crippen LogP contribution >= 0.6 is 39.1 Å². The summed E-state index contributed by atoms with van der Waals surface area (Å²) in [7, 11) is 0. The molecule has 16 aliphatic carbocycles. The third-order valence-electron chi connectivity index (χ3n) is 36.4. The molecule has 8 aromatic carbocycles. The average Bonchev–Trinajstić information content (AvgIpc) is 1.72. The Labute approximate surface area is 833 Å². The van der Waals surface area contributed by atoms with Crippen molar-refractivity contribution in [2.75, 3.05) is 26.2 Å². The number of aryl methyl sites for hydroxylation is 6. The van der Waals surface area contributed by atoms with Gasteiger partial charge in [0.25, 0.3) is 23.6 Å². The van der Waals surface area contributed by atoms with Crippen molar-refractivity contribution in [2.45, 2.75) is 232 Å². The molecule has 4 amide bonds. The molecule has 28 rings (SSSR count). The van der Waals surface area contributed by atoms with Crippen LogP contribution in [-0.2, 0) is 58.3 Å². The number of fused-ring (bicyclic) bond motifs is 20. The third-order valence-corrected chi connectivity index (χ3v) is 37.4. The molecule has 19 heteroatoms. The van der Waals surface area contributed by atoms with Crippen LogP contribution in [0.4, 0.5) is 0 Å². The number of benzene rings is 8. The molecule has 4 heterocycles. The molecule has 16 aliphatic rings. The number of carbonyl (C=O) groups excluding carboxylic acids is 4. The van der Waals surface area contributed by atoms with Gasteiger partial charge >= 0.3 is 0 Å². The first-order valence-electron chi connectivity index (χ1n) is 51.4. The second kappa shape index (κ2) is 37.2. The van der Waals surface area contributed by atoms with Crippen LogP contribution < -0.4 is 21.3 Å². The van der Waals surface area contributed by atoms with Gasteiger partial charge in [-0.15, -0.1) is 0 Å². The highest BCUT2D eigenvalue weighted by atomic mass is 79.9. The Morgan fingerprint density at radius 1 is 0.326 bits per heavy atom. The van der Waals surface area contributed by atoms with E-state index in [1.807, 2.05) is 38.3 Å². The van der Waals surface area contributed by atoms with E-state index < -0.39 is 0 Å². The van der Waals surface area contributed by atoms with Gasteiger partial charge in [-0.1, -0.05) is 256 Å². The molecule has 8 bridgehead atoms. The lowest BCUT2D eigenvalue weighted by Crippen LogP contribution is -2.54. The molecule has 0 spiro atoms. The van der Waals surface area contributed by atoms with Crippen LogP contribution in [0.25, 0.3) is 45.0 Å². The van der Waals surface area contributed by atoms with Crippen LogP contribution in [0.15, 0.2) is 174 Å². The molecule has 0 aliphatic heterocycles. The van der Waals surface area contributed by atoms with Crippen molar-refractivity contribution in [1.82, 2.24) is 60.4 Å². The van der Waals surface area contributed by atoms with E-state index >= 15 is 0 Å². The Balaban J connectivity index is 0.000000110. The van der Waals surface area contributed by atoms with Crippen molar-refractivity contribution in [3.8, 4) is 45.0 Å². The van der Waals surface area contributed by atoms with Gasteiger partial charge in [0.1, 0.15) is 0 Å². The first-order chi connectivity index (χ1) is 66.2. The molecule has 12 unspecified atom stereocenters. The highest BCUT2D eigenvalue weighted by molar-refractivity contribution is 9.10. The molecule has 4 aromatic heterocycles. The van der Waals surface area contributed by atoms with Crippen LogP contribution in [0.3, 0.4) is 0 Å². The minimum atomic E-state index is -0.0444. The molecular formula is C119H135BrCl2N12O4. The van der Waals surface area contributed by atoms with Crippen molar-refractivity contribution >= 4 is 62.8 Å². The predicted octanol–water partition coefficient (Wildman–Crippen LogP) is 25.4. The van der Waals surface area contributed by atoms with Gasteiger partial charge in [0, 0.05) is 104 Å². The summed E-state index contributed by atoms with van der Waals surface area (Å²) in [5, 5.41) is 34.2. The van der Waals surface area contributed by atoms with Crippen molar-refractivity contribution in [3.63, 3.8) is 0 Å². The summed E-state index contributed by atoms with van der Waals surface area (Å²) in [6.45, 7) is 35.4. The van der Waals surface area contributed by atoms with Crippen LogP contribution in [0.5, 0.6) is 0 Å². The second-order valence-electron chi connectivity index (χ2n) is 45.9. The molecule has 4 N–H and O–H groups in total. The molecule has 0 saturated heterocycles. The zero-order valence-electron chi connectivity index (χ0n) is 82.8. The Morgan fingerprint density at radius 3 is 0.957 bits per heavy atom. The van der Waals surface area contributed by atoms with Gasteiger partial charge < -0.3 is 21.3 Å². The van der Waals surface area contributed by atoms with E-state index in [1.54, 1.807) is 0 Å². The fourth-order valence-electron chi connectivity index (χ4n) is 27.6. The smallest absolute Gasteiger partial charge is 0.272 e. The van der Waals surface area contributed by atoms with Crippen LogP contribution in [0.2, 0.25) is 10.0 Å². The van der Waals surface area contributed by atoms with E-state index in [1.165, 1.54) is 161 Å². The van der Waals surface area contributed by atoms with Gasteiger partial charge in [0.15, 0.2) is 22.8 Å². The molecule has 12 fully saturated rings. The molecule has 12 saturated carbocycles. The van der Waals surface area contributed by atoms with E-state index in [4.69, 9.17) is 43.6 Å². The summed E-state index contributed by atoms with van der Waals surface area (Å²) in [6.07, 6.45) is 20.5. The maximum absolute atomic E-state index is 13.6. The number of rotatable bonds is 20. The maximum Gasteiger partial charge on any atom is 0.272 e. The van der Waals surface area contributed by atoms with E-state index in [2.05, 4.69) is 277 Å². The van der Waals surface area contributed by atoms with Crippen molar-refractivity contribution in [3.05, 3.63) is 302 Å². The number of amides is 4. The SMILES string of the molecule is Cc1ccc(Cn2nc(C(=O)NCC3CCC4CC3C4(C)C)c3c2-c2cc(Cl)ccc2CCC3)cc1.Cc1ccc(Cn2nc(C(=O)NCC3CCC4CC3C4(C)C)c3c2-c2ccc(Br)cc2C3)cc1.Cc1ccc(Cn2nc(C(=O)NCC3CCC4CC3C4(C)C)c3c2-c2ccc(C)cc2C3)cc1.Cc1ccc(Cn2nc(C(=O)NCC3CCC4CC3C4(C)C)c3c2-c2ccc(Cl)cc2C3)cc1. The number of hydrogen-bond donors (Lipinski definition) is 4. The van der Waals surface area contributed by atoms with Gasteiger partial charge in [-0.2, -0.15) is 20.4 Å². The van der Waals surface area contributed by atoms with Gasteiger partial charge in [-0.25, -0.2) is 0 Å². The summed E-state index contributed by atoms with van der Waals surface area (Å²) in [4.78, 5) is 54.0. The van der Waals surface area contributed by atoms with Gasteiger partial charge in [0.2, 0.25) is 0 Å². The van der Waals surface area contributed by atoms with Crippen LogP contribution in [0, 0.1) is 127 Å². The lowest BCUT2D eigenvalue weighted by Gasteiger charge is -2.60. The topological polar surface area (TPSA) is 188 Å². The van der Waals surface area contributed by atoms with Crippen molar-refractivity contribution in [1.29, 1.82) is 0 Å². The predicted molar refractivity (Wildman–Crippen MR) is 556 cm³/mol. The highest BCUT2D eigenvalue weighted by Crippen LogP contribution is 2.65. The molecule has 12 aromatic rings. The Morgan fingerprint density at radius 2 is 0.616 bits per heavy atom. The monoisotopic (exact) mass is 1940 g/mol. The molecule has 138 heavy (non-hydrogen) atoms. The van der Waals surface area contributed by atoms with Crippen LogP contribution in [0.1, 0.15) is 275 Å². The van der Waals surface area contributed by atoms with E-state index in [0.717, 1.165) is 176 Å². The molecule has 0 radical (unpaired) electrons. The van der Waals surface area contributed by atoms with Crippen molar-refractivity contribution in [2.24, 2.45) is 92.7 Å². The van der Waals surface area contributed by atoms with Gasteiger partial charge in [-0.05, 0) is 305 Å². The highest BCUT2D eigenvalue weighted by Gasteiger charge is 2.58. The Hall–Kier alpha value is -10.5. The number of aromatic nitrogens is 8. The molecular weight excluding hydrogens is 1810 g/mol. The normalized spacial score (nSPS) is 23.7. The fourth-order valence-corrected chi connectivity index (χ4v) is 28.4. The number of nitrogens with one attached hydrogen (secondary N) is 4. The number of carbonyl (C=O) groups is 4. The van der Waals surface area contributed by atoms with Gasteiger partial charge in [0.05, 0.1) is 49.0 Å². The Kier molecular flexibility index (Phi) is 25.3. The first kappa shape index (κ1) is 93.8. The van der Waals surface area contributed by atoms with E-state index in [0.29, 0.717) is 101 Å². The lowest BCUT2D eigenvalue weighted by atomic mass is 9.45. The molecule has 716 valence electrons. The summed E-state index contributed by atoms with van der Waals surface area (Å²) in [6, 6.07) is 59.4. The molecule has 16 nitrogen and oxygen atoms in total. The fraction of sp³-hybridized carbons (Fsp3) is 0.462. The minimum Gasteiger partial charge on any atom is -0.350 e. The van der Waals surface area contributed by atoms with E-state index in [9.17, 15) is 19.2 Å². The van der Waals surface area contributed by atoms with Crippen LogP contribution in [-0.4, -0.2) is 88.9 Å². The summed E-state index contributed by atoms with van der Waals surface area (Å²) < 4.78 is 9.20. The average molecular weight is 1950 g/mol. The van der Waals surface area contributed by atoms with Crippen molar-refractivity contribution < 1.29 is 19.2 Å². The standard InChI is InChI=1S/C31H36ClN3O.C30H35N3O.C29H32BrN3O.C29H32ClN3O/c1-19-7-9-20(10-8-19)18-35-29-25(6-4-5-21-12-14-24(32)16-26(21)29)28(34-35)30(36)33-17-22-11-13-23-15-27(22)31(23,2)3;1-18-5-8-20(9-6-18)17-33-28-24-12-7-19(2)13-22(24)14-25(28)27(32-33)29(34)31-16-21-10-11-23-15-26(21)30(23,3)4;2*1-17-4-6-18(7-5-17)16-33-27-23-11-10-22(30)12-20(23)13-24(27)26(32-33)28(34)31-15-19-8-9-21-14-25(19)29(21,2)3/h7-10,12,14,16,22-23,27H,4-6,11,13,15,17-18H2,1-3H3,(H,33,36);5-9,12-13,21,23,26H,10-11,14-17H2,1-4H3,(H,31,34);2*4-7,10-12,19,21,25H,8-9,13-16H2,1-3H3,(H,31,34). The second-order valence-corrected chi connectivity index (χ2v) is 47.6. The number of nitrogens with zero attached hydrogens (tertiary/aromatic N) is 8. The summed E-state index contributed by atoms with van der Waals surface area (Å²) in [5.41, 5.74) is 33.2. The third kappa shape index (κ3) is 17.7. The van der Waals surface area contributed by atoms with Gasteiger partial charge in [-0.3, -0.25) is 37.9 Å². The Bertz CT molecular complexity index is 6240. The quantitative estimate of drug-likeness (QED) is 0.0580. The summed E-state index contributed by atoms with van der Waals surface area (Å²) >= 11 is 16.4. The summed E-state index contributed by atoms with van der Waals surface area (Å²) in [5.74, 6) is 8.63.